The van der Waals surface area contributed by atoms with Crippen LogP contribution in [-0.2, 0) is 6.42 Å². The van der Waals surface area contributed by atoms with Gasteiger partial charge < -0.3 is 5.11 Å². The fourth-order valence-electron chi connectivity index (χ4n) is 0.780. The summed E-state index contributed by atoms with van der Waals surface area (Å²) in [4.78, 5) is 3.67. The van der Waals surface area contributed by atoms with Crippen LogP contribution >= 0.6 is 11.6 Å². The molecule has 0 unspecified atom stereocenters. The number of aliphatic hydroxyl groups excluding tert-OH is 1. The Labute approximate surface area is 68.6 Å². The number of halogens is 2. The van der Waals surface area contributed by atoms with Crippen LogP contribution in [0.4, 0.5) is 4.39 Å². The molecule has 1 rings (SSSR count). The molecule has 1 heterocycles. The van der Waals surface area contributed by atoms with Crippen molar-refractivity contribution in [2.75, 3.05) is 6.61 Å². The van der Waals surface area contributed by atoms with Crippen LogP contribution in [0.2, 0.25) is 5.15 Å². The van der Waals surface area contributed by atoms with Crippen molar-refractivity contribution in [3.8, 4) is 0 Å². The van der Waals surface area contributed by atoms with Gasteiger partial charge in [-0.1, -0.05) is 11.6 Å². The maximum Gasteiger partial charge on any atom is 0.135 e. The first-order chi connectivity index (χ1) is 5.25. The van der Waals surface area contributed by atoms with Crippen molar-refractivity contribution in [2.45, 2.75) is 6.42 Å². The van der Waals surface area contributed by atoms with Crippen molar-refractivity contribution >= 4 is 11.6 Å². The predicted octanol–water partition coefficient (Wildman–Crippen LogP) is 1.41. The summed E-state index contributed by atoms with van der Waals surface area (Å²) in [6.45, 7) is -0.123. The first kappa shape index (κ1) is 8.43. The first-order valence-electron chi connectivity index (χ1n) is 3.15. The van der Waals surface area contributed by atoms with Gasteiger partial charge >= 0.3 is 0 Å². The third-order valence-corrected chi connectivity index (χ3v) is 1.63. The van der Waals surface area contributed by atoms with Gasteiger partial charge in [0.15, 0.2) is 0 Å². The lowest BCUT2D eigenvalue weighted by molar-refractivity contribution is 0.297. The molecule has 0 aromatic carbocycles. The molecule has 1 N–H and O–H groups in total. The molecule has 0 amide bonds. The van der Waals surface area contributed by atoms with Crippen LogP contribution in [0.5, 0.6) is 0 Å². The highest BCUT2D eigenvalue weighted by atomic mass is 35.5. The minimum Gasteiger partial charge on any atom is -0.396 e. The molecule has 0 aliphatic carbocycles. The van der Waals surface area contributed by atoms with Gasteiger partial charge in [0, 0.05) is 24.8 Å². The van der Waals surface area contributed by atoms with Gasteiger partial charge in [0.1, 0.15) is 11.0 Å². The van der Waals surface area contributed by atoms with Crippen molar-refractivity contribution in [2.24, 2.45) is 0 Å². The van der Waals surface area contributed by atoms with Crippen molar-refractivity contribution < 1.29 is 9.50 Å². The number of aromatic nitrogens is 1. The van der Waals surface area contributed by atoms with E-state index < -0.39 is 5.82 Å². The molecule has 0 atom stereocenters. The monoisotopic (exact) mass is 175 g/mol. The maximum atomic E-state index is 12.8. The molecule has 0 bridgehead atoms. The second-order valence-corrected chi connectivity index (χ2v) is 2.39. The normalized spacial score (nSPS) is 10.1. The van der Waals surface area contributed by atoms with Crippen molar-refractivity contribution in [3.05, 3.63) is 28.8 Å². The Kier molecular flexibility index (Phi) is 2.79. The van der Waals surface area contributed by atoms with Crippen LogP contribution in [0.3, 0.4) is 0 Å². The van der Waals surface area contributed by atoms with E-state index in [1.165, 1.54) is 12.3 Å². The van der Waals surface area contributed by atoms with Gasteiger partial charge in [-0.3, -0.25) is 0 Å². The zero-order valence-electron chi connectivity index (χ0n) is 5.72. The molecule has 0 spiro atoms. The number of hydrogen-bond donors (Lipinski definition) is 1. The summed E-state index contributed by atoms with van der Waals surface area (Å²) >= 11 is 5.55. The van der Waals surface area contributed by atoms with Gasteiger partial charge in [-0.2, -0.15) is 0 Å². The molecule has 1 aromatic heterocycles. The molecule has 0 aliphatic rings. The van der Waals surface area contributed by atoms with Crippen LogP contribution in [0.15, 0.2) is 12.3 Å². The van der Waals surface area contributed by atoms with E-state index in [2.05, 4.69) is 4.98 Å². The number of aliphatic hydroxyl groups is 1. The van der Waals surface area contributed by atoms with Crippen molar-refractivity contribution in [3.63, 3.8) is 0 Å². The Morgan fingerprint density at radius 3 is 2.91 bits per heavy atom. The van der Waals surface area contributed by atoms with Gasteiger partial charge in [0.2, 0.25) is 0 Å². The lowest BCUT2D eigenvalue weighted by Crippen LogP contribution is -1.97. The van der Waals surface area contributed by atoms with Crippen LogP contribution in [0, 0.1) is 5.82 Å². The van der Waals surface area contributed by atoms with Gasteiger partial charge in [-0.15, -0.1) is 0 Å². The fourth-order valence-corrected chi connectivity index (χ4v) is 1.02. The number of rotatable bonds is 2. The number of nitrogens with zero attached hydrogens (tertiary/aromatic N) is 1. The summed E-state index contributed by atoms with van der Waals surface area (Å²) in [5.74, 6) is -0.418. The summed E-state index contributed by atoms with van der Waals surface area (Å²) in [5, 5.41) is 8.64. The average Bonchev–Trinajstić information content (AvgIpc) is 1.97. The van der Waals surface area contributed by atoms with E-state index in [1.807, 2.05) is 0 Å². The minimum atomic E-state index is -0.418. The molecule has 2 nitrogen and oxygen atoms in total. The zero-order valence-corrected chi connectivity index (χ0v) is 6.48. The average molecular weight is 176 g/mol. The van der Waals surface area contributed by atoms with Gasteiger partial charge in [-0.05, 0) is 6.07 Å². The van der Waals surface area contributed by atoms with Crippen molar-refractivity contribution in [1.82, 2.24) is 4.98 Å². The molecule has 1 aromatic rings. The molecule has 0 fully saturated rings. The van der Waals surface area contributed by atoms with E-state index in [4.69, 9.17) is 16.7 Å². The largest absolute Gasteiger partial charge is 0.396 e. The van der Waals surface area contributed by atoms with Gasteiger partial charge in [0.05, 0.1) is 0 Å². The molecular formula is C7H7ClFNO. The van der Waals surface area contributed by atoms with E-state index in [9.17, 15) is 4.39 Å². The molecule has 4 heteroatoms. The van der Waals surface area contributed by atoms with E-state index in [0.29, 0.717) is 0 Å². The third kappa shape index (κ3) is 1.88. The van der Waals surface area contributed by atoms with Crippen LogP contribution in [-0.4, -0.2) is 16.7 Å². The Bertz CT molecular complexity index is 234. The maximum absolute atomic E-state index is 12.8. The predicted molar refractivity (Wildman–Crippen MR) is 40.0 cm³/mol. The molecule has 11 heavy (non-hydrogen) atoms. The number of hydrogen-bond acceptors (Lipinski definition) is 2. The highest BCUT2D eigenvalue weighted by Gasteiger charge is 2.05. The molecule has 0 radical (unpaired) electrons. The Balaban J connectivity index is 3.00. The molecule has 0 aliphatic heterocycles. The summed E-state index contributed by atoms with van der Waals surface area (Å²) in [6, 6.07) is 1.22. The van der Waals surface area contributed by atoms with Crippen LogP contribution in [0.1, 0.15) is 5.56 Å². The van der Waals surface area contributed by atoms with Crippen LogP contribution < -0.4 is 0 Å². The highest BCUT2D eigenvalue weighted by molar-refractivity contribution is 6.30. The van der Waals surface area contributed by atoms with Gasteiger partial charge in [0.25, 0.3) is 0 Å². The van der Waals surface area contributed by atoms with Crippen molar-refractivity contribution in [1.29, 1.82) is 0 Å². The summed E-state index contributed by atoms with van der Waals surface area (Å²) in [7, 11) is 0. The quantitative estimate of drug-likeness (QED) is 0.690. The lowest BCUT2D eigenvalue weighted by Gasteiger charge is -2.00. The topological polar surface area (TPSA) is 33.1 Å². The SMILES string of the molecule is OCCc1c(F)ccnc1Cl. The second kappa shape index (κ2) is 3.64. The number of pyridine rings is 1. The molecule has 0 saturated heterocycles. The van der Waals surface area contributed by atoms with Gasteiger partial charge in [-0.25, -0.2) is 9.37 Å². The van der Waals surface area contributed by atoms with E-state index in [-0.39, 0.29) is 23.7 Å². The highest BCUT2D eigenvalue weighted by Crippen LogP contribution is 2.15. The summed E-state index contributed by atoms with van der Waals surface area (Å²) < 4.78 is 12.8. The van der Waals surface area contributed by atoms with Crippen LogP contribution in [0.25, 0.3) is 0 Å². The summed E-state index contributed by atoms with van der Waals surface area (Å²) in [5.41, 5.74) is 0.275. The van der Waals surface area contributed by atoms with E-state index in [0.717, 1.165) is 0 Å². The standard InChI is InChI=1S/C7H7ClFNO/c8-7-5(2-4-11)6(9)1-3-10-7/h1,3,11H,2,4H2. The second-order valence-electron chi connectivity index (χ2n) is 2.04. The third-order valence-electron chi connectivity index (χ3n) is 1.31. The first-order valence-corrected chi connectivity index (χ1v) is 3.53. The lowest BCUT2D eigenvalue weighted by atomic mass is 10.2. The molecule has 0 saturated carbocycles. The zero-order chi connectivity index (χ0) is 8.27. The Morgan fingerprint density at radius 2 is 2.36 bits per heavy atom. The molecular weight excluding hydrogens is 169 g/mol. The van der Waals surface area contributed by atoms with E-state index >= 15 is 0 Å². The smallest absolute Gasteiger partial charge is 0.135 e. The Morgan fingerprint density at radius 1 is 1.64 bits per heavy atom. The molecule has 60 valence electrons. The minimum absolute atomic E-state index is 0.123. The summed E-state index contributed by atoms with van der Waals surface area (Å²) in [6.07, 6.45) is 1.50. The Hall–Kier alpha value is -0.670. The fraction of sp³-hybridized carbons (Fsp3) is 0.286. The van der Waals surface area contributed by atoms with E-state index in [1.54, 1.807) is 0 Å².